The summed E-state index contributed by atoms with van der Waals surface area (Å²) in [5, 5.41) is 6.86. The molecule has 0 aliphatic heterocycles. The van der Waals surface area contributed by atoms with E-state index in [0.717, 1.165) is 58.2 Å². The number of carbonyl (C=O) groups is 2. The Morgan fingerprint density at radius 2 is 0.800 bits per heavy atom. The van der Waals surface area contributed by atoms with Crippen LogP contribution >= 0.6 is 0 Å². The number of amides is 1. The van der Waals surface area contributed by atoms with Crippen molar-refractivity contribution >= 4 is 11.7 Å². The van der Waals surface area contributed by atoms with Gasteiger partial charge >= 0.3 is 0 Å². The predicted octanol–water partition coefficient (Wildman–Crippen LogP) is 15.0. The van der Waals surface area contributed by atoms with Crippen LogP contribution in [0.15, 0.2) is 12.3 Å². The fourth-order valence-corrected chi connectivity index (χ4v) is 8.04. The van der Waals surface area contributed by atoms with Crippen molar-refractivity contribution < 1.29 is 9.59 Å². The Hall–Kier alpha value is -1.36. The third-order valence-corrected chi connectivity index (χ3v) is 11.7. The molecule has 0 rings (SSSR count). The summed E-state index contributed by atoms with van der Waals surface area (Å²) in [5.41, 5.74) is 1.27. The molecule has 5 heteroatoms. The minimum Gasteiger partial charge on any atom is -0.386 e. The first-order chi connectivity index (χ1) is 26.9. The molecule has 0 spiro atoms. The zero-order valence-electron chi connectivity index (χ0n) is 38.0. The van der Waals surface area contributed by atoms with Crippen molar-refractivity contribution in [1.82, 2.24) is 15.5 Å². The summed E-state index contributed by atoms with van der Waals surface area (Å²) in [7, 11) is 0. The summed E-state index contributed by atoms with van der Waals surface area (Å²) in [6.45, 7) is 17.1. The quantitative estimate of drug-likeness (QED) is 0.0605. The van der Waals surface area contributed by atoms with Crippen LogP contribution in [0.5, 0.6) is 0 Å². The summed E-state index contributed by atoms with van der Waals surface area (Å²) in [6.07, 6.45) is 47.1. The molecule has 0 aromatic heterocycles. The van der Waals surface area contributed by atoms with Crippen LogP contribution in [0.25, 0.3) is 0 Å². The molecular weight excluding hydrogens is 675 g/mol. The van der Waals surface area contributed by atoms with E-state index < -0.39 is 0 Å². The van der Waals surface area contributed by atoms with Crippen LogP contribution < -0.4 is 10.6 Å². The Balaban J connectivity index is 4.21. The number of nitrogens with zero attached hydrogens (tertiary/aromatic N) is 1. The number of nitrogens with one attached hydrogen (secondary N) is 2. The molecule has 0 heterocycles. The maximum Gasteiger partial charge on any atom is 0.216 e. The van der Waals surface area contributed by atoms with Crippen LogP contribution in [0.4, 0.5) is 0 Å². The van der Waals surface area contributed by atoms with E-state index in [-0.39, 0.29) is 5.91 Å². The lowest BCUT2D eigenvalue weighted by Crippen LogP contribution is -2.30. The predicted molar refractivity (Wildman–Crippen MR) is 244 cm³/mol. The summed E-state index contributed by atoms with van der Waals surface area (Å²) in [5.74, 6) is 0.559. The number of allylic oxidation sites excluding steroid dienone is 1. The van der Waals surface area contributed by atoms with Gasteiger partial charge in [-0.1, -0.05) is 194 Å². The fourth-order valence-electron chi connectivity index (χ4n) is 8.04. The fraction of sp³-hybridized carbons (Fsp3) is 0.920. The van der Waals surface area contributed by atoms with Crippen molar-refractivity contribution in [2.75, 3.05) is 26.2 Å². The molecule has 0 unspecified atom stereocenters. The Kier molecular flexibility index (Phi) is 42.7. The van der Waals surface area contributed by atoms with Crippen LogP contribution in [-0.2, 0) is 9.59 Å². The van der Waals surface area contributed by atoms with E-state index in [2.05, 4.69) is 42.9 Å². The van der Waals surface area contributed by atoms with E-state index in [4.69, 9.17) is 0 Å². The second-order valence-corrected chi connectivity index (χ2v) is 17.4. The van der Waals surface area contributed by atoms with Gasteiger partial charge in [0, 0.05) is 38.0 Å². The lowest BCUT2D eigenvalue weighted by atomic mass is 9.99. The van der Waals surface area contributed by atoms with Crippen molar-refractivity contribution in [2.45, 2.75) is 271 Å². The van der Waals surface area contributed by atoms with E-state index in [9.17, 15) is 9.59 Å². The highest BCUT2D eigenvalue weighted by atomic mass is 16.1. The third kappa shape index (κ3) is 42.1. The van der Waals surface area contributed by atoms with Crippen LogP contribution in [0.2, 0.25) is 0 Å². The second kappa shape index (κ2) is 43.8. The normalized spacial score (nSPS) is 11.5. The average molecular weight is 774 g/mol. The van der Waals surface area contributed by atoms with Gasteiger partial charge in [-0.2, -0.15) is 0 Å². The van der Waals surface area contributed by atoms with Gasteiger partial charge in [-0.25, -0.2) is 0 Å². The van der Waals surface area contributed by atoms with Crippen LogP contribution in [-0.4, -0.2) is 48.8 Å². The molecule has 0 bridgehead atoms. The van der Waals surface area contributed by atoms with Gasteiger partial charge in [-0.15, -0.1) is 0 Å². The molecule has 0 aliphatic carbocycles. The Bertz CT molecular complexity index is 814. The second-order valence-electron chi connectivity index (χ2n) is 17.4. The van der Waals surface area contributed by atoms with E-state index in [1.54, 1.807) is 6.92 Å². The molecule has 2 N–H and O–H groups in total. The first-order valence-electron chi connectivity index (χ1n) is 24.9. The third-order valence-electron chi connectivity index (χ3n) is 11.7. The Morgan fingerprint density at radius 3 is 1.22 bits per heavy atom. The largest absolute Gasteiger partial charge is 0.386 e. The highest BCUT2D eigenvalue weighted by molar-refractivity contribution is 5.78. The van der Waals surface area contributed by atoms with Gasteiger partial charge in [0.2, 0.25) is 5.91 Å². The number of carbonyl (C=O) groups excluding carboxylic acids is 2. The number of rotatable bonds is 46. The van der Waals surface area contributed by atoms with Gasteiger partial charge in [-0.05, 0) is 77.4 Å². The van der Waals surface area contributed by atoms with E-state index in [1.165, 1.54) is 211 Å². The van der Waals surface area contributed by atoms with Crippen molar-refractivity contribution in [1.29, 1.82) is 0 Å². The molecule has 0 saturated carbocycles. The minimum absolute atomic E-state index is 0.0715. The minimum atomic E-state index is 0.0715. The Morgan fingerprint density at radius 1 is 0.455 bits per heavy atom. The van der Waals surface area contributed by atoms with Gasteiger partial charge in [0.25, 0.3) is 0 Å². The smallest absolute Gasteiger partial charge is 0.216 e. The molecule has 0 aromatic carbocycles. The number of hydrogen-bond acceptors (Lipinski definition) is 4. The zero-order chi connectivity index (χ0) is 40.3. The van der Waals surface area contributed by atoms with Crippen LogP contribution in [0.3, 0.4) is 0 Å². The number of Topliss-reactive ketones (excluding diaryl/α,β-unsaturated/α-hetero) is 1. The first kappa shape index (κ1) is 53.6. The molecule has 55 heavy (non-hydrogen) atoms. The lowest BCUT2D eigenvalue weighted by molar-refractivity contribution is -0.120. The van der Waals surface area contributed by atoms with Crippen molar-refractivity contribution in [3.8, 4) is 0 Å². The summed E-state index contributed by atoms with van der Waals surface area (Å²) >= 11 is 0. The van der Waals surface area contributed by atoms with Gasteiger partial charge in [0.15, 0.2) is 0 Å². The monoisotopic (exact) mass is 774 g/mol. The van der Waals surface area contributed by atoms with Crippen molar-refractivity contribution in [3.05, 3.63) is 12.3 Å². The molecule has 0 aliphatic rings. The van der Waals surface area contributed by atoms with Gasteiger partial charge in [0.1, 0.15) is 5.78 Å². The first-order valence-corrected chi connectivity index (χ1v) is 24.9. The molecular formula is C50H99N3O2. The highest BCUT2D eigenvalue weighted by Crippen LogP contribution is 2.18. The lowest BCUT2D eigenvalue weighted by Gasteiger charge is -2.22. The maximum atomic E-state index is 12.3. The SMILES string of the molecule is C=C(CCCCCCCN(CCCCCCCC(=O)CCCCCCCCCCC)CCCNC(C)=O)NC(CCCCCCCC)CCCCCCCC. The van der Waals surface area contributed by atoms with Crippen molar-refractivity contribution in [2.24, 2.45) is 0 Å². The maximum absolute atomic E-state index is 12.3. The zero-order valence-corrected chi connectivity index (χ0v) is 38.0. The van der Waals surface area contributed by atoms with Crippen LogP contribution in [0.1, 0.15) is 265 Å². The molecule has 0 atom stereocenters. The Labute approximate surface area is 345 Å². The molecule has 0 radical (unpaired) electrons. The molecule has 0 saturated heterocycles. The average Bonchev–Trinajstić information content (AvgIpc) is 3.17. The number of hydrogen-bond donors (Lipinski definition) is 2. The highest BCUT2D eigenvalue weighted by Gasteiger charge is 2.10. The number of ketones is 1. The molecule has 326 valence electrons. The van der Waals surface area contributed by atoms with E-state index in [0.29, 0.717) is 11.8 Å². The molecule has 1 amide bonds. The molecule has 5 nitrogen and oxygen atoms in total. The van der Waals surface area contributed by atoms with Gasteiger partial charge in [0.05, 0.1) is 0 Å². The van der Waals surface area contributed by atoms with Gasteiger partial charge in [-0.3, -0.25) is 9.59 Å². The molecule has 0 aromatic rings. The molecule has 0 fully saturated rings. The van der Waals surface area contributed by atoms with E-state index >= 15 is 0 Å². The summed E-state index contributed by atoms with van der Waals surface area (Å²) in [4.78, 5) is 26.3. The topological polar surface area (TPSA) is 61.4 Å². The number of unbranched alkanes of at least 4 members (excludes halogenated alkanes) is 26. The van der Waals surface area contributed by atoms with E-state index in [1.807, 2.05) is 0 Å². The summed E-state index contributed by atoms with van der Waals surface area (Å²) in [6, 6.07) is 0.616. The van der Waals surface area contributed by atoms with Gasteiger partial charge < -0.3 is 15.5 Å². The standard InChI is InChI=1S/C50H99N3O2/c1-6-9-12-15-18-19-20-26-33-41-50(55)42-34-27-22-29-36-45-53(46-37-43-51-48(5)54)44-35-28-21-23-30-38-47(4)52-49(39-31-24-16-13-10-7-2)40-32-25-17-14-11-8-3/h49,52H,4,6-46H2,1-3,5H3,(H,51,54). The summed E-state index contributed by atoms with van der Waals surface area (Å²) < 4.78 is 0. The van der Waals surface area contributed by atoms with Crippen molar-refractivity contribution in [3.63, 3.8) is 0 Å². The van der Waals surface area contributed by atoms with Crippen LogP contribution in [0, 0.1) is 0 Å².